The molecule has 0 atom stereocenters. The SMILES string of the molecule is CC(C)N(Cc1ccc(F)c(Br)c1)CC(F)(F)F. The molecular formula is C12H14BrF4N. The van der Waals surface area contributed by atoms with E-state index in [4.69, 9.17) is 0 Å². The molecule has 0 amide bonds. The van der Waals surface area contributed by atoms with Crippen molar-refractivity contribution in [1.29, 1.82) is 0 Å². The molecule has 1 rings (SSSR count). The molecule has 0 bridgehead atoms. The van der Waals surface area contributed by atoms with Gasteiger partial charge in [0.05, 0.1) is 11.0 Å². The molecule has 0 aromatic heterocycles. The first kappa shape index (κ1) is 15.4. The summed E-state index contributed by atoms with van der Waals surface area (Å²) in [5, 5.41) is 0. The molecule has 0 saturated heterocycles. The molecule has 0 N–H and O–H groups in total. The summed E-state index contributed by atoms with van der Waals surface area (Å²) in [7, 11) is 0. The van der Waals surface area contributed by atoms with Gasteiger partial charge in [-0.3, -0.25) is 4.90 Å². The van der Waals surface area contributed by atoms with Gasteiger partial charge in [-0.05, 0) is 47.5 Å². The first-order valence-electron chi connectivity index (χ1n) is 5.44. The number of nitrogens with zero attached hydrogens (tertiary/aromatic N) is 1. The van der Waals surface area contributed by atoms with E-state index in [1.807, 2.05) is 0 Å². The first-order chi connectivity index (χ1) is 8.19. The monoisotopic (exact) mass is 327 g/mol. The van der Waals surface area contributed by atoms with Gasteiger partial charge < -0.3 is 0 Å². The molecule has 1 aromatic carbocycles. The first-order valence-corrected chi connectivity index (χ1v) is 6.23. The molecule has 0 aliphatic rings. The largest absolute Gasteiger partial charge is 0.401 e. The Kier molecular flexibility index (Phi) is 5.16. The number of benzene rings is 1. The van der Waals surface area contributed by atoms with Crippen molar-refractivity contribution in [3.8, 4) is 0 Å². The second-order valence-electron chi connectivity index (χ2n) is 4.36. The smallest absolute Gasteiger partial charge is 0.288 e. The normalized spacial score (nSPS) is 12.5. The fourth-order valence-corrected chi connectivity index (χ4v) is 1.95. The van der Waals surface area contributed by atoms with Crippen LogP contribution in [-0.2, 0) is 6.54 Å². The number of hydrogen-bond donors (Lipinski definition) is 0. The lowest BCUT2D eigenvalue weighted by Gasteiger charge is -2.27. The Hall–Kier alpha value is -0.620. The van der Waals surface area contributed by atoms with Gasteiger partial charge in [0.15, 0.2) is 0 Å². The predicted octanol–water partition coefficient (Wildman–Crippen LogP) is 4.36. The molecule has 0 aliphatic heterocycles. The highest BCUT2D eigenvalue weighted by molar-refractivity contribution is 9.10. The van der Waals surface area contributed by atoms with Crippen LogP contribution in [0.25, 0.3) is 0 Å². The maximum Gasteiger partial charge on any atom is 0.401 e. The van der Waals surface area contributed by atoms with E-state index >= 15 is 0 Å². The van der Waals surface area contributed by atoms with Crippen LogP contribution >= 0.6 is 15.9 Å². The molecule has 0 spiro atoms. The number of rotatable bonds is 4. The van der Waals surface area contributed by atoms with Gasteiger partial charge in [0.1, 0.15) is 5.82 Å². The van der Waals surface area contributed by atoms with E-state index in [0.717, 1.165) is 0 Å². The summed E-state index contributed by atoms with van der Waals surface area (Å²) in [5.74, 6) is -0.425. The second kappa shape index (κ2) is 6.02. The lowest BCUT2D eigenvalue weighted by Crippen LogP contribution is -2.38. The minimum absolute atomic E-state index is 0.135. The van der Waals surface area contributed by atoms with E-state index in [1.165, 1.54) is 23.1 Å². The van der Waals surface area contributed by atoms with Crippen LogP contribution in [0.5, 0.6) is 0 Å². The van der Waals surface area contributed by atoms with E-state index in [2.05, 4.69) is 15.9 Å². The van der Waals surface area contributed by atoms with Crippen molar-refractivity contribution in [3.63, 3.8) is 0 Å². The van der Waals surface area contributed by atoms with Gasteiger partial charge in [-0.15, -0.1) is 0 Å². The third-order valence-corrected chi connectivity index (χ3v) is 3.09. The summed E-state index contributed by atoms with van der Waals surface area (Å²) in [4.78, 5) is 1.29. The van der Waals surface area contributed by atoms with Crippen molar-refractivity contribution in [2.75, 3.05) is 6.54 Å². The van der Waals surface area contributed by atoms with Crippen LogP contribution < -0.4 is 0 Å². The maximum atomic E-state index is 13.0. The van der Waals surface area contributed by atoms with Crippen LogP contribution in [0.4, 0.5) is 17.6 Å². The van der Waals surface area contributed by atoms with Crippen molar-refractivity contribution < 1.29 is 17.6 Å². The van der Waals surface area contributed by atoms with Gasteiger partial charge in [-0.1, -0.05) is 6.07 Å². The van der Waals surface area contributed by atoms with Crippen LogP contribution in [0.15, 0.2) is 22.7 Å². The fraction of sp³-hybridized carbons (Fsp3) is 0.500. The summed E-state index contributed by atoms with van der Waals surface area (Å²) in [6.07, 6.45) is -4.23. The molecule has 0 saturated carbocycles. The molecule has 102 valence electrons. The summed E-state index contributed by atoms with van der Waals surface area (Å²) in [6.45, 7) is 2.56. The highest BCUT2D eigenvalue weighted by Crippen LogP contribution is 2.22. The summed E-state index contributed by atoms with van der Waals surface area (Å²) >= 11 is 3.02. The molecule has 0 aliphatic carbocycles. The third kappa shape index (κ3) is 4.94. The van der Waals surface area contributed by atoms with Crippen molar-refractivity contribution in [2.24, 2.45) is 0 Å². The average Bonchev–Trinajstić information content (AvgIpc) is 2.20. The van der Waals surface area contributed by atoms with Gasteiger partial charge in [0.25, 0.3) is 0 Å². The molecule has 1 nitrogen and oxygen atoms in total. The number of halogens is 5. The molecule has 0 radical (unpaired) electrons. The summed E-state index contributed by atoms with van der Waals surface area (Å²) < 4.78 is 50.5. The molecule has 0 heterocycles. The highest BCUT2D eigenvalue weighted by atomic mass is 79.9. The van der Waals surface area contributed by atoms with Gasteiger partial charge in [-0.25, -0.2) is 4.39 Å². The van der Waals surface area contributed by atoms with Crippen molar-refractivity contribution in [2.45, 2.75) is 32.6 Å². The molecule has 18 heavy (non-hydrogen) atoms. The maximum absolute atomic E-state index is 13.0. The minimum Gasteiger partial charge on any atom is -0.288 e. The highest BCUT2D eigenvalue weighted by Gasteiger charge is 2.31. The van der Waals surface area contributed by atoms with Gasteiger partial charge in [-0.2, -0.15) is 13.2 Å². The van der Waals surface area contributed by atoms with E-state index in [1.54, 1.807) is 13.8 Å². The quantitative estimate of drug-likeness (QED) is 0.742. The Balaban J connectivity index is 2.80. The Morgan fingerprint density at radius 1 is 1.28 bits per heavy atom. The Morgan fingerprint density at radius 2 is 1.89 bits per heavy atom. The molecular weight excluding hydrogens is 314 g/mol. The van der Waals surface area contributed by atoms with Gasteiger partial charge in [0, 0.05) is 12.6 Å². The van der Waals surface area contributed by atoms with Crippen LogP contribution in [0.1, 0.15) is 19.4 Å². The Labute approximate surface area is 112 Å². The zero-order valence-corrected chi connectivity index (χ0v) is 11.6. The van der Waals surface area contributed by atoms with Crippen molar-refractivity contribution in [3.05, 3.63) is 34.1 Å². The Morgan fingerprint density at radius 3 is 2.33 bits per heavy atom. The van der Waals surface area contributed by atoms with Gasteiger partial charge >= 0.3 is 6.18 Å². The van der Waals surface area contributed by atoms with Crippen LogP contribution in [0, 0.1) is 5.82 Å². The predicted molar refractivity (Wildman–Crippen MR) is 65.7 cm³/mol. The standard InChI is InChI=1S/C12H14BrF4N/c1-8(2)18(7-12(15,16)17)6-9-3-4-11(14)10(13)5-9/h3-5,8H,6-7H2,1-2H3. The van der Waals surface area contributed by atoms with E-state index in [9.17, 15) is 17.6 Å². The van der Waals surface area contributed by atoms with Crippen LogP contribution in [0.3, 0.4) is 0 Å². The van der Waals surface area contributed by atoms with Gasteiger partial charge in [0.2, 0.25) is 0 Å². The molecule has 0 unspecified atom stereocenters. The molecule has 0 fully saturated rings. The minimum atomic E-state index is -4.23. The van der Waals surface area contributed by atoms with Crippen LogP contribution in [0.2, 0.25) is 0 Å². The van der Waals surface area contributed by atoms with Crippen molar-refractivity contribution in [1.82, 2.24) is 4.90 Å². The van der Waals surface area contributed by atoms with Crippen LogP contribution in [-0.4, -0.2) is 23.7 Å². The zero-order valence-electron chi connectivity index (χ0n) is 10.1. The third-order valence-electron chi connectivity index (χ3n) is 2.48. The Bertz CT molecular complexity index is 404. The lowest BCUT2D eigenvalue weighted by molar-refractivity contribution is -0.150. The number of hydrogen-bond acceptors (Lipinski definition) is 1. The molecule has 6 heteroatoms. The second-order valence-corrected chi connectivity index (χ2v) is 5.22. The van der Waals surface area contributed by atoms with E-state index < -0.39 is 18.5 Å². The summed E-state index contributed by atoms with van der Waals surface area (Å²) in [6, 6.07) is 3.99. The zero-order chi connectivity index (χ0) is 13.9. The van der Waals surface area contributed by atoms with E-state index in [-0.39, 0.29) is 17.1 Å². The fourth-order valence-electron chi connectivity index (χ4n) is 1.52. The van der Waals surface area contributed by atoms with Crippen molar-refractivity contribution >= 4 is 15.9 Å². The average molecular weight is 328 g/mol. The lowest BCUT2D eigenvalue weighted by atomic mass is 10.2. The molecule has 1 aromatic rings. The summed E-state index contributed by atoms with van der Waals surface area (Å²) in [5.41, 5.74) is 0.640. The van der Waals surface area contributed by atoms with E-state index in [0.29, 0.717) is 5.56 Å². The topological polar surface area (TPSA) is 3.24 Å². The number of alkyl halides is 3.